The number of nitrogens with one attached hydrogen (secondary N) is 1. The largest absolute Gasteiger partial charge is 0.504 e. The summed E-state index contributed by atoms with van der Waals surface area (Å²) in [5.41, 5.74) is 1.97. The average molecular weight is 316 g/mol. The third kappa shape index (κ3) is 3.63. The van der Waals surface area contributed by atoms with Gasteiger partial charge in [0.25, 0.3) is 0 Å². The van der Waals surface area contributed by atoms with Crippen molar-refractivity contribution in [3.63, 3.8) is 0 Å². The van der Waals surface area contributed by atoms with E-state index in [9.17, 15) is 9.50 Å². The third-order valence-electron chi connectivity index (χ3n) is 4.22. The van der Waals surface area contributed by atoms with Crippen LogP contribution in [0.4, 0.5) is 4.39 Å². The molecule has 2 N–H and O–H groups in total. The molecule has 2 aromatic carbocycles. The van der Waals surface area contributed by atoms with Crippen molar-refractivity contribution in [2.75, 3.05) is 26.7 Å². The number of halogens is 1. The van der Waals surface area contributed by atoms with Crippen molar-refractivity contribution in [1.82, 2.24) is 10.2 Å². The molecule has 1 aliphatic heterocycles. The standard InChI is InChI=1S/C18H21FN2O2/c1-23-18-6-5-13(9-17(18)22)12-21-8-7-20-11-16(21)14-3-2-4-15(19)10-14/h2-6,9-10,16,20,22H,7-8,11-12H2,1H3. The first-order valence-electron chi connectivity index (χ1n) is 7.73. The van der Waals surface area contributed by atoms with Gasteiger partial charge in [0.1, 0.15) is 5.82 Å². The fourth-order valence-electron chi connectivity index (χ4n) is 3.05. The minimum atomic E-state index is -0.213. The van der Waals surface area contributed by atoms with Crippen LogP contribution < -0.4 is 10.1 Å². The van der Waals surface area contributed by atoms with E-state index in [1.165, 1.54) is 13.2 Å². The topological polar surface area (TPSA) is 44.7 Å². The highest BCUT2D eigenvalue weighted by molar-refractivity contribution is 5.41. The number of benzene rings is 2. The zero-order chi connectivity index (χ0) is 16.2. The van der Waals surface area contributed by atoms with Gasteiger partial charge < -0.3 is 15.2 Å². The van der Waals surface area contributed by atoms with E-state index in [-0.39, 0.29) is 17.6 Å². The Labute approximate surface area is 135 Å². The number of ether oxygens (including phenoxy) is 1. The summed E-state index contributed by atoms with van der Waals surface area (Å²) in [6, 6.07) is 12.3. The lowest BCUT2D eigenvalue weighted by atomic mass is 10.0. The van der Waals surface area contributed by atoms with Gasteiger partial charge in [-0.2, -0.15) is 0 Å². The van der Waals surface area contributed by atoms with Gasteiger partial charge >= 0.3 is 0 Å². The molecule has 0 radical (unpaired) electrons. The van der Waals surface area contributed by atoms with E-state index in [2.05, 4.69) is 10.2 Å². The quantitative estimate of drug-likeness (QED) is 0.910. The van der Waals surface area contributed by atoms with E-state index >= 15 is 0 Å². The highest BCUT2D eigenvalue weighted by atomic mass is 19.1. The van der Waals surface area contributed by atoms with Crippen molar-refractivity contribution in [2.24, 2.45) is 0 Å². The number of hydrogen-bond acceptors (Lipinski definition) is 4. The second-order valence-corrected chi connectivity index (χ2v) is 5.75. The molecule has 0 aromatic heterocycles. The van der Waals surface area contributed by atoms with E-state index in [0.29, 0.717) is 12.3 Å². The summed E-state index contributed by atoms with van der Waals surface area (Å²) >= 11 is 0. The number of piperazine rings is 1. The minimum absolute atomic E-state index is 0.115. The smallest absolute Gasteiger partial charge is 0.160 e. The maximum atomic E-state index is 13.5. The molecule has 4 nitrogen and oxygen atoms in total. The second-order valence-electron chi connectivity index (χ2n) is 5.75. The minimum Gasteiger partial charge on any atom is -0.504 e. The molecule has 1 aliphatic rings. The Hall–Kier alpha value is -2.11. The van der Waals surface area contributed by atoms with Crippen LogP contribution in [0.15, 0.2) is 42.5 Å². The molecule has 0 saturated carbocycles. The first kappa shape index (κ1) is 15.8. The molecule has 23 heavy (non-hydrogen) atoms. The summed E-state index contributed by atoms with van der Waals surface area (Å²) in [6.07, 6.45) is 0. The van der Waals surface area contributed by atoms with Crippen molar-refractivity contribution in [3.05, 3.63) is 59.4 Å². The van der Waals surface area contributed by atoms with Gasteiger partial charge in [-0.25, -0.2) is 4.39 Å². The molecule has 1 atom stereocenters. The summed E-state index contributed by atoms with van der Waals surface area (Å²) in [4.78, 5) is 2.30. The van der Waals surface area contributed by atoms with Crippen LogP contribution >= 0.6 is 0 Å². The van der Waals surface area contributed by atoms with Gasteiger partial charge in [-0.15, -0.1) is 0 Å². The number of phenolic OH excluding ortho intramolecular Hbond substituents is 1. The maximum Gasteiger partial charge on any atom is 0.160 e. The normalized spacial score (nSPS) is 18.8. The SMILES string of the molecule is COc1ccc(CN2CCNCC2c2cccc(F)c2)cc1O. The molecular formula is C18H21FN2O2. The first-order valence-corrected chi connectivity index (χ1v) is 7.73. The van der Waals surface area contributed by atoms with Crippen LogP contribution in [-0.2, 0) is 6.54 Å². The summed E-state index contributed by atoms with van der Waals surface area (Å²) < 4.78 is 18.6. The molecule has 0 spiro atoms. The lowest BCUT2D eigenvalue weighted by molar-refractivity contribution is 0.153. The van der Waals surface area contributed by atoms with E-state index in [1.54, 1.807) is 24.3 Å². The lowest BCUT2D eigenvalue weighted by Crippen LogP contribution is -2.45. The predicted molar refractivity (Wildman–Crippen MR) is 87.1 cm³/mol. The van der Waals surface area contributed by atoms with Crippen LogP contribution in [0.25, 0.3) is 0 Å². The van der Waals surface area contributed by atoms with Crippen LogP contribution in [0, 0.1) is 5.82 Å². The van der Waals surface area contributed by atoms with Crippen LogP contribution in [0.2, 0.25) is 0 Å². The number of hydrogen-bond donors (Lipinski definition) is 2. The molecule has 1 unspecified atom stereocenters. The lowest BCUT2D eigenvalue weighted by Gasteiger charge is -2.36. The summed E-state index contributed by atoms with van der Waals surface area (Å²) in [5.74, 6) is 0.397. The van der Waals surface area contributed by atoms with E-state index in [0.717, 1.165) is 30.8 Å². The molecule has 1 fully saturated rings. The summed E-state index contributed by atoms with van der Waals surface area (Å²) in [7, 11) is 1.53. The summed E-state index contributed by atoms with van der Waals surface area (Å²) in [5, 5.41) is 13.3. The van der Waals surface area contributed by atoms with Gasteiger partial charge in [-0.05, 0) is 35.4 Å². The van der Waals surface area contributed by atoms with Gasteiger partial charge in [-0.3, -0.25) is 4.90 Å². The fourth-order valence-corrected chi connectivity index (χ4v) is 3.05. The maximum absolute atomic E-state index is 13.5. The zero-order valence-electron chi connectivity index (χ0n) is 13.1. The molecule has 1 heterocycles. The monoisotopic (exact) mass is 316 g/mol. The molecule has 0 amide bonds. The molecule has 3 rings (SSSR count). The fraction of sp³-hybridized carbons (Fsp3) is 0.333. The Kier molecular flexibility index (Phi) is 4.79. The van der Waals surface area contributed by atoms with Crippen LogP contribution in [0.5, 0.6) is 11.5 Å². The second kappa shape index (κ2) is 6.98. The van der Waals surface area contributed by atoms with Crippen LogP contribution in [-0.4, -0.2) is 36.8 Å². The number of aromatic hydroxyl groups is 1. The van der Waals surface area contributed by atoms with E-state index in [1.807, 2.05) is 12.1 Å². The number of methoxy groups -OCH3 is 1. The molecular weight excluding hydrogens is 295 g/mol. The number of phenols is 1. The first-order chi connectivity index (χ1) is 11.2. The predicted octanol–water partition coefficient (Wildman–Crippen LogP) is 2.69. The molecule has 2 aromatic rings. The van der Waals surface area contributed by atoms with Crippen molar-refractivity contribution in [1.29, 1.82) is 0 Å². The van der Waals surface area contributed by atoms with Gasteiger partial charge in [0.05, 0.1) is 7.11 Å². The molecule has 1 saturated heterocycles. The zero-order valence-corrected chi connectivity index (χ0v) is 13.1. The average Bonchev–Trinajstić information content (AvgIpc) is 2.55. The van der Waals surface area contributed by atoms with Crippen LogP contribution in [0.1, 0.15) is 17.2 Å². The van der Waals surface area contributed by atoms with Gasteiger partial charge in [0.15, 0.2) is 11.5 Å². The van der Waals surface area contributed by atoms with Crippen molar-refractivity contribution in [2.45, 2.75) is 12.6 Å². The molecule has 5 heteroatoms. The molecule has 0 aliphatic carbocycles. The van der Waals surface area contributed by atoms with Crippen molar-refractivity contribution >= 4 is 0 Å². The molecule has 0 bridgehead atoms. The summed E-state index contributed by atoms with van der Waals surface area (Å²) in [6.45, 7) is 3.24. The van der Waals surface area contributed by atoms with Crippen molar-refractivity contribution < 1.29 is 14.2 Å². The highest BCUT2D eigenvalue weighted by Crippen LogP contribution is 2.29. The Bertz CT molecular complexity index is 678. The Morgan fingerprint density at radius 3 is 2.91 bits per heavy atom. The third-order valence-corrected chi connectivity index (χ3v) is 4.22. The molecule has 122 valence electrons. The Morgan fingerprint density at radius 2 is 2.17 bits per heavy atom. The van der Waals surface area contributed by atoms with Gasteiger partial charge in [0.2, 0.25) is 0 Å². The van der Waals surface area contributed by atoms with E-state index < -0.39 is 0 Å². The Balaban J connectivity index is 1.80. The van der Waals surface area contributed by atoms with Crippen molar-refractivity contribution in [3.8, 4) is 11.5 Å². The number of rotatable bonds is 4. The highest BCUT2D eigenvalue weighted by Gasteiger charge is 2.24. The van der Waals surface area contributed by atoms with Gasteiger partial charge in [0, 0.05) is 32.2 Å². The van der Waals surface area contributed by atoms with Crippen LogP contribution in [0.3, 0.4) is 0 Å². The van der Waals surface area contributed by atoms with E-state index in [4.69, 9.17) is 4.74 Å². The Morgan fingerprint density at radius 1 is 1.30 bits per heavy atom. The number of nitrogens with zero attached hydrogens (tertiary/aromatic N) is 1. The van der Waals surface area contributed by atoms with Gasteiger partial charge in [-0.1, -0.05) is 18.2 Å².